The fraction of sp³-hybridized carbons (Fsp3) is 0.534. The Kier molecular flexibility index (Phi) is 23.6. The number of thiocarbonyl (C=S) groups is 1. The summed E-state index contributed by atoms with van der Waals surface area (Å²) in [7, 11) is 1.68. The lowest BCUT2D eigenvalue weighted by Crippen LogP contribution is -2.57. The van der Waals surface area contributed by atoms with Crippen molar-refractivity contribution < 1.29 is 51.7 Å². The van der Waals surface area contributed by atoms with Crippen LogP contribution in [0.25, 0.3) is 10.4 Å². The molecule has 2 fully saturated rings. The second-order valence-electron chi connectivity index (χ2n) is 21.1. The molecule has 0 bridgehead atoms. The van der Waals surface area contributed by atoms with E-state index < -0.39 is 52.4 Å². The average Bonchev–Trinajstić information content (AvgIpc) is 4.16. The topological polar surface area (TPSA) is 187 Å². The van der Waals surface area contributed by atoms with Gasteiger partial charge in [-0.1, -0.05) is 77.6 Å². The molecule has 2 aliphatic rings. The number of aliphatic hydroxyl groups is 1. The molecule has 424 valence electrons. The van der Waals surface area contributed by atoms with Gasteiger partial charge in [-0.2, -0.15) is 18.4 Å². The molecular weight excluding hydrogens is 1040 g/mol. The minimum atomic E-state index is -4.76. The Morgan fingerprint density at radius 1 is 0.923 bits per heavy atom. The van der Waals surface area contributed by atoms with Crippen LogP contribution in [0.1, 0.15) is 135 Å². The van der Waals surface area contributed by atoms with Crippen molar-refractivity contribution >= 4 is 63.7 Å². The summed E-state index contributed by atoms with van der Waals surface area (Å²) < 4.78 is 57.0. The Morgan fingerprint density at radius 3 is 2.17 bits per heavy atom. The van der Waals surface area contributed by atoms with E-state index in [2.05, 4.69) is 22.5 Å². The number of halogens is 3. The second kappa shape index (κ2) is 29.3. The van der Waals surface area contributed by atoms with E-state index in [1.807, 2.05) is 57.5 Å². The number of β-amino-alcohol motifs (C(OH)–C–C–N with tert-alkyl or cyclic N) is 1. The van der Waals surface area contributed by atoms with E-state index in [1.165, 1.54) is 11.0 Å². The van der Waals surface area contributed by atoms with Gasteiger partial charge in [0.25, 0.3) is 5.91 Å². The number of thiazole rings is 1. The molecule has 78 heavy (non-hydrogen) atoms. The maximum atomic E-state index is 13.7. The van der Waals surface area contributed by atoms with Gasteiger partial charge in [-0.05, 0) is 124 Å². The molecule has 1 aromatic heterocycles. The first-order chi connectivity index (χ1) is 37.0. The molecule has 6 rings (SSSR count). The van der Waals surface area contributed by atoms with Gasteiger partial charge in [-0.3, -0.25) is 24.1 Å². The van der Waals surface area contributed by atoms with Crippen molar-refractivity contribution in [2.75, 3.05) is 49.9 Å². The van der Waals surface area contributed by atoms with E-state index in [0.29, 0.717) is 37.6 Å². The van der Waals surface area contributed by atoms with Crippen LogP contribution in [-0.2, 0) is 41.4 Å². The van der Waals surface area contributed by atoms with Gasteiger partial charge in [-0.15, -0.1) is 11.3 Å². The number of aromatic nitrogens is 1. The van der Waals surface area contributed by atoms with Crippen LogP contribution < -0.4 is 25.2 Å². The van der Waals surface area contributed by atoms with Gasteiger partial charge >= 0.3 is 6.18 Å². The quantitative estimate of drug-likeness (QED) is 0.0422. The van der Waals surface area contributed by atoms with E-state index in [9.17, 15) is 37.5 Å². The zero-order valence-corrected chi connectivity index (χ0v) is 47.8. The molecule has 15 nitrogen and oxygen atoms in total. The molecule has 2 saturated heterocycles. The lowest BCUT2D eigenvalue weighted by atomic mass is 9.85. The number of nitriles is 1. The predicted molar refractivity (Wildman–Crippen MR) is 301 cm³/mol. The fourth-order valence-corrected chi connectivity index (χ4v) is 10.4. The number of carbonyl (C=O) groups excluding carboxylic acids is 4. The van der Waals surface area contributed by atoms with Crippen molar-refractivity contribution in [3.63, 3.8) is 0 Å². The molecule has 0 saturated carbocycles. The van der Waals surface area contributed by atoms with Gasteiger partial charge in [0.1, 0.15) is 23.4 Å². The number of nitrogens with zero attached hydrogens (tertiary/aromatic N) is 5. The third-order valence-corrected chi connectivity index (χ3v) is 14.9. The minimum Gasteiger partial charge on any atom is -0.494 e. The summed E-state index contributed by atoms with van der Waals surface area (Å²) in [6.07, 6.45) is 3.83. The van der Waals surface area contributed by atoms with E-state index in [4.69, 9.17) is 31.7 Å². The van der Waals surface area contributed by atoms with Crippen molar-refractivity contribution in [2.24, 2.45) is 5.41 Å². The van der Waals surface area contributed by atoms with E-state index in [0.717, 1.165) is 110 Å². The number of rotatable bonds is 25. The number of methoxy groups -OCH3 is 1. The van der Waals surface area contributed by atoms with Crippen LogP contribution >= 0.6 is 23.6 Å². The molecule has 0 unspecified atom stereocenters. The van der Waals surface area contributed by atoms with Crippen LogP contribution in [0.15, 0.2) is 72.2 Å². The highest BCUT2D eigenvalue weighted by Gasteiger charge is 2.51. The maximum absolute atomic E-state index is 13.7. The van der Waals surface area contributed by atoms with Crippen molar-refractivity contribution in [1.29, 1.82) is 5.26 Å². The van der Waals surface area contributed by atoms with Crippen LogP contribution in [0.4, 0.5) is 24.5 Å². The minimum absolute atomic E-state index is 0.0405. The molecular formula is C58H76F3N7O8S2. The number of carbonyl (C=O) groups is 4. The number of aryl methyl sites for hydroxylation is 1. The number of anilines is 2. The number of unbranched alkanes of at least 4 members (excludes halogenated alkanes) is 6. The Hall–Kier alpha value is -5.98. The van der Waals surface area contributed by atoms with E-state index in [1.54, 1.807) is 67.5 Å². The second-order valence-corrected chi connectivity index (χ2v) is 22.3. The van der Waals surface area contributed by atoms with Crippen LogP contribution in [0.3, 0.4) is 0 Å². The van der Waals surface area contributed by atoms with Gasteiger partial charge in [0, 0.05) is 58.5 Å². The largest absolute Gasteiger partial charge is 0.494 e. The number of aliphatic hydroxyl groups excluding tert-OH is 1. The predicted octanol–water partition coefficient (Wildman–Crippen LogP) is 10.7. The highest BCUT2D eigenvalue weighted by atomic mass is 32.1. The molecule has 0 spiro atoms. The van der Waals surface area contributed by atoms with Crippen LogP contribution in [0.5, 0.6) is 5.75 Å². The zero-order valence-electron chi connectivity index (χ0n) is 46.2. The molecule has 0 radical (unpaired) electrons. The summed E-state index contributed by atoms with van der Waals surface area (Å²) >= 11 is 7.16. The number of benzene rings is 3. The Morgan fingerprint density at radius 2 is 1.56 bits per heavy atom. The van der Waals surface area contributed by atoms with Gasteiger partial charge in [-0.25, -0.2) is 4.98 Å². The van der Waals surface area contributed by atoms with Crippen molar-refractivity contribution in [3.8, 4) is 22.3 Å². The summed E-state index contributed by atoms with van der Waals surface area (Å²) in [4.78, 5) is 62.4. The van der Waals surface area contributed by atoms with Crippen molar-refractivity contribution in [3.05, 3.63) is 94.6 Å². The molecule has 3 N–H and O–H groups in total. The van der Waals surface area contributed by atoms with E-state index >= 15 is 0 Å². The van der Waals surface area contributed by atoms with Crippen molar-refractivity contribution in [1.82, 2.24) is 20.5 Å². The van der Waals surface area contributed by atoms with Crippen LogP contribution in [0, 0.1) is 23.7 Å². The SMILES string of the molecule is CCCCCCCC(=O)N[C@H](C(=O)N1C[C@H](O)C[C@H]1C(=O)NCc1ccc(-c2scnc2C)cc1)C(C)(C)C.COCCCCOCCCCOc1ccc(N2C(=S)N(c3ccc(C#N)c(C(F)(F)F)c3)C(=O)C2(C)C)cc1. The highest BCUT2D eigenvalue weighted by Crippen LogP contribution is 2.40. The number of ether oxygens (including phenoxy) is 3. The molecule has 4 aromatic rings. The number of alkyl halides is 3. The Labute approximate surface area is 466 Å². The van der Waals surface area contributed by atoms with Gasteiger partial charge < -0.3 is 39.8 Å². The molecule has 20 heteroatoms. The first-order valence-electron chi connectivity index (χ1n) is 26.7. The molecule has 3 atom stereocenters. The van der Waals surface area contributed by atoms with Gasteiger partial charge in [0.2, 0.25) is 17.7 Å². The normalized spacial score (nSPS) is 16.6. The average molecular weight is 1120 g/mol. The summed E-state index contributed by atoms with van der Waals surface area (Å²) in [6.45, 7) is 16.2. The molecule has 2 aliphatic heterocycles. The smallest absolute Gasteiger partial charge is 0.417 e. The molecule has 4 amide bonds. The lowest BCUT2D eigenvalue weighted by Gasteiger charge is -2.35. The first kappa shape index (κ1) is 62.9. The summed E-state index contributed by atoms with van der Waals surface area (Å²) in [5, 5.41) is 25.4. The number of hydrogen-bond donors (Lipinski definition) is 3. The van der Waals surface area contributed by atoms with Crippen molar-refractivity contribution in [2.45, 2.75) is 156 Å². The molecule has 3 heterocycles. The number of hydrogen-bond acceptors (Lipinski definition) is 12. The van der Waals surface area contributed by atoms with Gasteiger partial charge in [0.15, 0.2) is 5.11 Å². The third kappa shape index (κ3) is 17.3. The Bertz CT molecular complexity index is 2670. The highest BCUT2D eigenvalue weighted by molar-refractivity contribution is 7.81. The Balaban J connectivity index is 0.000000287. The van der Waals surface area contributed by atoms with Crippen LogP contribution in [0.2, 0.25) is 0 Å². The monoisotopic (exact) mass is 1120 g/mol. The number of amides is 4. The summed E-state index contributed by atoms with van der Waals surface area (Å²) in [6, 6.07) is 18.1. The summed E-state index contributed by atoms with van der Waals surface area (Å²) in [5.41, 5.74) is 2.02. The molecule has 0 aliphatic carbocycles. The maximum Gasteiger partial charge on any atom is 0.417 e. The van der Waals surface area contributed by atoms with Gasteiger partial charge in [0.05, 0.1) is 51.7 Å². The third-order valence-electron chi connectivity index (χ3n) is 13.5. The van der Waals surface area contributed by atoms with Crippen LogP contribution in [-0.4, -0.2) is 108 Å². The van der Waals surface area contributed by atoms with E-state index in [-0.39, 0.29) is 41.5 Å². The number of likely N-dealkylation sites (tertiary alicyclic amines) is 1. The molecule has 3 aromatic carbocycles. The zero-order chi connectivity index (χ0) is 57.2. The first-order valence-corrected chi connectivity index (χ1v) is 28.0. The standard InChI is InChI=1S/C30H44N4O4S.C28H32F3N3O4S/c1-6-7-8-9-10-11-25(36)33-27(30(3,4)5)29(38)34-18-23(35)16-24(34)28(37)31-17-21-12-14-22(15-13-21)26-20(2)32-19-39-26;1-27(2)25(35)33(22-9-8-20(19-32)24(18-22)28(29,30)31)26(39)34(27)21-10-12-23(13-11-21)38-17-7-6-16-37-15-5-4-14-36-3/h12-15,19,23-24,27,35H,6-11,16-18H2,1-5H3,(H,31,37)(H,33,36);8-13,18H,4-7,14-17H2,1-3H3/t23-,24+,27-;/m1./s1. The number of nitrogens with one attached hydrogen (secondary N) is 2. The fourth-order valence-electron chi connectivity index (χ4n) is 9.10. The lowest BCUT2D eigenvalue weighted by molar-refractivity contribution is -0.144. The summed E-state index contributed by atoms with van der Waals surface area (Å²) in [5.74, 6) is -0.628.